The van der Waals surface area contributed by atoms with Crippen LogP contribution in [0, 0.1) is 13.8 Å². The van der Waals surface area contributed by atoms with Gasteiger partial charge in [0.15, 0.2) is 5.78 Å². The number of hydrogen-bond acceptors (Lipinski definition) is 3. The average Bonchev–Trinajstić information content (AvgIpc) is 2.61. The summed E-state index contributed by atoms with van der Waals surface area (Å²) in [5, 5.41) is 2.71. The molecule has 4 nitrogen and oxygen atoms in total. The van der Waals surface area contributed by atoms with Crippen molar-refractivity contribution in [2.45, 2.75) is 39.8 Å². The number of ether oxygens (including phenoxy) is 1. The number of Topliss-reactive ketones (excluding diaryl/α,β-unsaturated/α-hetero) is 1. The summed E-state index contributed by atoms with van der Waals surface area (Å²) in [5.74, 6) is -0.249. The van der Waals surface area contributed by atoms with Crippen molar-refractivity contribution >= 4 is 11.7 Å². The Morgan fingerprint density at radius 3 is 2.31 bits per heavy atom. The van der Waals surface area contributed by atoms with E-state index in [1.807, 2.05) is 26.0 Å². The van der Waals surface area contributed by atoms with Crippen LogP contribution < -0.4 is 10.1 Å². The fourth-order valence-corrected chi connectivity index (χ4v) is 2.36. The number of alkyl halides is 2. The predicted octanol–water partition coefficient (Wildman–Crippen LogP) is 4.18. The Morgan fingerprint density at radius 2 is 1.69 bits per heavy atom. The molecule has 0 aliphatic heterocycles. The minimum absolute atomic E-state index is 0.0639. The van der Waals surface area contributed by atoms with E-state index in [1.165, 1.54) is 12.1 Å². The normalized spacial score (nSPS) is 10.7. The maximum Gasteiger partial charge on any atom is 0.387 e. The number of benzene rings is 2. The first-order valence-electron chi connectivity index (χ1n) is 8.26. The van der Waals surface area contributed by atoms with Gasteiger partial charge in [0.1, 0.15) is 5.75 Å². The van der Waals surface area contributed by atoms with E-state index in [2.05, 4.69) is 10.1 Å². The number of halogens is 2. The van der Waals surface area contributed by atoms with Gasteiger partial charge in [0.25, 0.3) is 0 Å². The molecule has 0 fully saturated rings. The highest BCUT2D eigenvalue weighted by molar-refractivity contribution is 5.98. The van der Waals surface area contributed by atoms with Crippen molar-refractivity contribution in [3.05, 3.63) is 64.7 Å². The second-order valence-corrected chi connectivity index (χ2v) is 6.02. The molecule has 6 heteroatoms. The summed E-state index contributed by atoms with van der Waals surface area (Å²) in [5.41, 5.74) is 3.51. The van der Waals surface area contributed by atoms with E-state index in [4.69, 9.17) is 0 Å². The number of nitrogens with one attached hydrogen (secondary N) is 1. The Hall–Kier alpha value is -2.76. The first-order chi connectivity index (χ1) is 12.3. The van der Waals surface area contributed by atoms with Crippen LogP contribution in [-0.2, 0) is 11.3 Å². The van der Waals surface area contributed by atoms with Crippen molar-refractivity contribution < 1.29 is 23.1 Å². The van der Waals surface area contributed by atoms with Gasteiger partial charge >= 0.3 is 6.61 Å². The molecule has 0 aliphatic rings. The van der Waals surface area contributed by atoms with Crippen LogP contribution in [0.4, 0.5) is 8.78 Å². The highest BCUT2D eigenvalue weighted by atomic mass is 19.3. The Morgan fingerprint density at radius 1 is 1.00 bits per heavy atom. The SMILES string of the molecule is Cc1ccc(C(=O)CCC(=O)NCc2ccc(OC(F)F)cc2)cc1C. The zero-order valence-corrected chi connectivity index (χ0v) is 14.7. The van der Waals surface area contributed by atoms with E-state index in [0.717, 1.165) is 16.7 Å². The van der Waals surface area contributed by atoms with Crippen LogP contribution in [0.25, 0.3) is 0 Å². The lowest BCUT2D eigenvalue weighted by molar-refractivity contribution is -0.121. The Labute approximate surface area is 151 Å². The molecule has 2 rings (SSSR count). The molecule has 0 saturated carbocycles. The number of carbonyl (C=O) groups excluding carboxylic acids is 2. The van der Waals surface area contributed by atoms with E-state index < -0.39 is 6.61 Å². The summed E-state index contributed by atoms with van der Waals surface area (Å²) in [6.07, 6.45) is 0.230. The fourth-order valence-electron chi connectivity index (χ4n) is 2.36. The number of carbonyl (C=O) groups is 2. The van der Waals surface area contributed by atoms with Crippen LogP contribution >= 0.6 is 0 Å². The largest absolute Gasteiger partial charge is 0.435 e. The van der Waals surface area contributed by atoms with Gasteiger partial charge in [0, 0.05) is 24.9 Å². The van der Waals surface area contributed by atoms with Crippen LogP contribution in [0.1, 0.15) is 39.9 Å². The maximum atomic E-state index is 12.2. The average molecular weight is 361 g/mol. The second-order valence-electron chi connectivity index (χ2n) is 6.02. The number of hydrogen-bond donors (Lipinski definition) is 1. The third-order valence-corrected chi connectivity index (χ3v) is 4.05. The Bertz CT molecular complexity index is 773. The van der Waals surface area contributed by atoms with Gasteiger partial charge in [-0.3, -0.25) is 9.59 Å². The summed E-state index contributed by atoms with van der Waals surface area (Å²) in [6, 6.07) is 11.5. The van der Waals surface area contributed by atoms with E-state index in [1.54, 1.807) is 18.2 Å². The molecule has 1 N–H and O–H groups in total. The fraction of sp³-hybridized carbons (Fsp3) is 0.300. The monoisotopic (exact) mass is 361 g/mol. The van der Waals surface area contributed by atoms with Crippen molar-refractivity contribution in [2.75, 3.05) is 0 Å². The van der Waals surface area contributed by atoms with Crippen molar-refractivity contribution in [1.29, 1.82) is 0 Å². The minimum Gasteiger partial charge on any atom is -0.435 e. The van der Waals surface area contributed by atoms with E-state index in [-0.39, 0.29) is 36.8 Å². The highest BCUT2D eigenvalue weighted by Gasteiger charge is 2.10. The van der Waals surface area contributed by atoms with Crippen LogP contribution in [0.2, 0.25) is 0 Å². The van der Waals surface area contributed by atoms with Gasteiger partial charge in [-0.25, -0.2) is 0 Å². The number of rotatable bonds is 8. The second kappa shape index (κ2) is 9.08. The van der Waals surface area contributed by atoms with Gasteiger partial charge in [-0.2, -0.15) is 8.78 Å². The molecule has 0 unspecified atom stereocenters. The maximum absolute atomic E-state index is 12.2. The summed E-state index contributed by atoms with van der Waals surface area (Å²) in [4.78, 5) is 24.1. The molecule has 1 amide bonds. The minimum atomic E-state index is -2.87. The number of aryl methyl sites for hydroxylation is 2. The van der Waals surface area contributed by atoms with E-state index >= 15 is 0 Å². The molecule has 0 bridgehead atoms. The molecule has 0 radical (unpaired) electrons. The van der Waals surface area contributed by atoms with E-state index in [9.17, 15) is 18.4 Å². The molecule has 0 saturated heterocycles. The standard InChI is InChI=1S/C20H21F2NO3/c1-13-3-6-16(11-14(13)2)18(24)9-10-19(25)23-12-15-4-7-17(8-5-15)26-20(21)22/h3-8,11,20H,9-10,12H2,1-2H3,(H,23,25). The quantitative estimate of drug-likeness (QED) is 0.718. The van der Waals surface area contributed by atoms with Crippen molar-refractivity contribution in [3.8, 4) is 5.75 Å². The third-order valence-electron chi connectivity index (χ3n) is 4.05. The van der Waals surface area contributed by atoms with Crippen LogP contribution in [0.3, 0.4) is 0 Å². The molecule has 138 valence electrons. The third kappa shape index (κ3) is 5.95. The molecule has 0 aliphatic carbocycles. The zero-order chi connectivity index (χ0) is 19.1. The van der Waals surface area contributed by atoms with Crippen molar-refractivity contribution in [2.24, 2.45) is 0 Å². The summed E-state index contributed by atoms with van der Waals surface area (Å²) >= 11 is 0. The number of ketones is 1. The lowest BCUT2D eigenvalue weighted by atomic mass is 10.0. The van der Waals surface area contributed by atoms with Crippen molar-refractivity contribution in [3.63, 3.8) is 0 Å². The Kier molecular flexibility index (Phi) is 6.83. The molecular weight excluding hydrogens is 340 g/mol. The van der Waals surface area contributed by atoms with Gasteiger partial charge in [0.2, 0.25) is 5.91 Å². The Balaban J connectivity index is 1.78. The molecule has 0 spiro atoms. The lowest BCUT2D eigenvalue weighted by Gasteiger charge is -2.08. The molecule has 0 heterocycles. The van der Waals surface area contributed by atoms with Crippen LogP contribution in [0.5, 0.6) is 5.75 Å². The molecule has 2 aromatic carbocycles. The van der Waals surface area contributed by atoms with Gasteiger partial charge in [0.05, 0.1) is 0 Å². The summed E-state index contributed by atoms with van der Waals surface area (Å²) < 4.78 is 28.4. The first-order valence-corrected chi connectivity index (χ1v) is 8.26. The summed E-state index contributed by atoms with van der Waals surface area (Å²) in [7, 11) is 0. The lowest BCUT2D eigenvalue weighted by Crippen LogP contribution is -2.23. The zero-order valence-electron chi connectivity index (χ0n) is 14.7. The molecular formula is C20H21F2NO3. The number of amides is 1. The van der Waals surface area contributed by atoms with Gasteiger partial charge in [-0.05, 0) is 48.7 Å². The van der Waals surface area contributed by atoms with E-state index in [0.29, 0.717) is 5.56 Å². The smallest absolute Gasteiger partial charge is 0.387 e. The van der Waals surface area contributed by atoms with Crippen LogP contribution in [0.15, 0.2) is 42.5 Å². The molecule has 26 heavy (non-hydrogen) atoms. The molecule has 0 atom stereocenters. The highest BCUT2D eigenvalue weighted by Crippen LogP contribution is 2.15. The first kappa shape index (κ1) is 19.6. The van der Waals surface area contributed by atoms with Crippen molar-refractivity contribution in [1.82, 2.24) is 5.32 Å². The predicted molar refractivity (Wildman–Crippen MR) is 94.4 cm³/mol. The van der Waals surface area contributed by atoms with Gasteiger partial charge in [-0.15, -0.1) is 0 Å². The summed E-state index contributed by atoms with van der Waals surface area (Å²) in [6.45, 7) is 1.31. The van der Waals surface area contributed by atoms with Crippen LogP contribution in [-0.4, -0.2) is 18.3 Å². The topological polar surface area (TPSA) is 55.4 Å². The molecule has 0 aromatic heterocycles. The molecule has 2 aromatic rings. The van der Waals surface area contributed by atoms with Gasteiger partial charge in [-0.1, -0.05) is 24.3 Å². The van der Waals surface area contributed by atoms with Gasteiger partial charge < -0.3 is 10.1 Å².